The second-order valence-corrected chi connectivity index (χ2v) is 5.42. The zero-order valence-electron chi connectivity index (χ0n) is 12.1. The molecule has 0 aromatic carbocycles. The number of aromatic amines is 1. The summed E-state index contributed by atoms with van der Waals surface area (Å²) in [5, 5.41) is 3.35. The fraction of sp³-hybridized carbons (Fsp3) is 0.714. The number of nitrogens with one attached hydrogen (secondary N) is 2. The molecule has 106 valence electrons. The molecule has 2 N–H and O–H groups in total. The van der Waals surface area contributed by atoms with E-state index in [1.807, 2.05) is 0 Å². The van der Waals surface area contributed by atoms with Crippen molar-refractivity contribution in [2.24, 2.45) is 0 Å². The summed E-state index contributed by atoms with van der Waals surface area (Å²) < 4.78 is 0. The van der Waals surface area contributed by atoms with Gasteiger partial charge in [-0.25, -0.2) is 4.98 Å². The number of hydrogen-bond donors (Lipinski definition) is 2. The summed E-state index contributed by atoms with van der Waals surface area (Å²) in [5.74, 6) is 1.10. The number of rotatable bonds is 4. The molecule has 5 heteroatoms. The molecule has 1 aliphatic heterocycles. The highest BCUT2D eigenvalue weighted by Gasteiger charge is 2.23. The second kappa shape index (κ2) is 6.30. The van der Waals surface area contributed by atoms with Gasteiger partial charge in [0.25, 0.3) is 5.56 Å². The lowest BCUT2D eigenvalue weighted by atomic mass is 10.1. The Hall–Kier alpha value is -1.20. The Labute approximate surface area is 114 Å². The van der Waals surface area contributed by atoms with Gasteiger partial charge in [-0.3, -0.25) is 9.69 Å². The Morgan fingerprint density at radius 1 is 1.37 bits per heavy atom. The van der Waals surface area contributed by atoms with Crippen molar-refractivity contribution in [3.63, 3.8) is 0 Å². The molecule has 0 radical (unpaired) electrons. The van der Waals surface area contributed by atoms with Crippen LogP contribution in [0.4, 0.5) is 0 Å². The number of H-pyrrole nitrogens is 1. The van der Waals surface area contributed by atoms with Crippen LogP contribution in [-0.4, -0.2) is 41.0 Å². The highest BCUT2D eigenvalue weighted by molar-refractivity contribution is 5.09. The van der Waals surface area contributed by atoms with Crippen molar-refractivity contribution < 1.29 is 0 Å². The van der Waals surface area contributed by atoms with E-state index in [1.165, 1.54) is 0 Å². The van der Waals surface area contributed by atoms with E-state index in [4.69, 9.17) is 0 Å². The molecule has 0 bridgehead atoms. The predicted molar refractivity (Wildman–Crippen MR) is 76.4 cm³/mol. The van der Waals surface area contributed by atoms with Crippen LogP contribution in [-0.2, 0) is 0 Å². The van der Waals surface area contributed by atoms with Crippen molar-refractivity contribution in [1.82, 2.24) is 20.2 Å². The van der Waals surface area contributed by atoms with Gasteiger partial charge < -0.3 is 10.3 Å². The van der Waals surface area contributed by atoms with E-state index in [2.05, 4.69) is 41.0 Å². The third-order valence-corrected chi connectivity index (χ3v) is 3.67. The van der Waals surface area contributed by atoms with Gasteiger partial charge >= 0.3 is 0 Å². The lowest BCUT2D eigenvalue weighted by Gasteiger charge is -2.33. The van der Waals surface area contributed by atoms with Crippen LogP contribution in [0.3, 0.4) is 0 Å². The SMILES string of the molecule is CCC(c1nc(C(C)C)cc(=O)[nH]1)N1CCNCC1. The van der Waals surface area contributed by atoms with Crippen LogP contribution in [0.1, 0.15) is 50.7 Å². The Morgan fingerprint density at radius 2 is 2.05 bits per heavy atom. The molecule has 1 aromatic rings. The molecule has 2 heterocycles. The van der Waals surface area contributed by atoms with E-state index in [0.717, 1.165) is 44.1 Å². The fourth-order valence-corrected chi connectivity index (χ4v) is 2.57. The highest BCUT2D eigenvalue weighted by atomic mass is 16.1. The van der Waals surface area contributed by atoms with Crippen molar-refractivity contribution in [3.05, 3.63) is 27.9 Å². The average Bonchev–Trinajstić information content (AvgIpc) is 2.40. The van der Waals surface area contributed by atoms with E-state index in [1.54, 1.807) is 6.07 Å². The van der Waals surface area contributed by atoms with Gasteiger partial charge in [0.2, 0.25) is 0 Å². The van der Waals surface area contributed by atoms with Crippen molar-refractivity contribution in [2.45, 2.75) is 39.2 Å². The minimum Gasteiger partial charge on any atom is -0.314 e. The molecular weight excluding hydrogens is 240 g/mol. The van der Waals surface area contributed by atoms with Crippen LogP contribution in [0, 0.1) is 0 Å². The number of piperazine rings is 1. The summed E-state index contributed by atoms with van der Waals surface area (Å²) in [6, 6.07) is 1.83. The zero-order valence-corrected chi connectivity index (χ0v) is 12.1. The Morgan fingerprint density at radius 3 is 2.63 bits per heavy atom. The molecular formula is C14H24N4O. The number of hydrogen-bond acceptors (Lipinski definition) is 4. The smallest absolute Gasteiger partial charge is 0.251 e. The van der Waals surface area contributed by atoms with Crippen LogP contribution >= 0.6 is 0 Å². The molecule has 1 atom stereocenters. The van der Waals surface area contributed by atoms with Crippen molar-refractivity contribution in [2.75, 3.05) is 26.2 Å². The first-order valence-corrected chi connectivity index (χ1v) is 7.17. The molecule has 5 nitrogen and oxygen atoms in total. The minimum absolute atomic E-state index is 0.0396. The van der Waals surface area contributed by atoms with E-state index in [-0.39, 0.29) is 17.5 Å². The standard InChI is InChI=1S/C14H24N4O/c1-4-12(18-7-5-15-6-8-18)14-16-11(10(2)3)9-13(19)17-14/h9-10,12,15H,4-8H2,1-3H3,(H,16,17,19). The molecule has 0 spiro atoms. The third-order valence-electron chi connectivity index (χ3n) is 3.67. The highest BCUT2D eigenvalue weighted by Crippen LogP contribution is 2.21. The first-order valence-electron chi connectivity index (χ1n) is 7.17. The summed E-state index contributed by atoms with van der Waals surface area (Å²) in [5.41, 5.74) is 0.842. The van der Waals surface area contributed by atoms with Crippen LogP contribution in [0.2, 0.25) is 0 Å². The molecule has 1 aromatic heterocycles. The maximum atomic E-state index is 11.8. The first-order chi connectivity index (χ1) is 9.11. The average molecular weight is 264 g/mol. The van der Waals surface area contributed by atoms with Gasteiger partial charge in [-0.1, -0.05) is 20.8 Å². The lowest BCUT2D eigenvalue weighted by Crippen LogP contribution is -2.45. The Balaban J connectivity index is 2.29. The topological polar surface area (TPSA) is 61.0 Å². The van der Waals surface area contributed by atoms with Gasteiger partial charge in [0, 0.05) is 32.2 Å². The van der Waals surface area contributed by atoms with E-state index in [9.17, 15) is 4.79 Å². The molecule has 0 aliphatic carbocycles. The van der Waals surface area contributed by atoms with Crippen molar-refractivity contribution >= 4 is 0 Å². The third kappa shape index (κ3) is 3.42. The predicted octanol–water partition coefficient (Wildman–Crippen LogP) is 1.25. The van der Waals surface area contributed by atoms with Gasteiger partial charge in [0.15, 0.2) is 0 Å². The molecule has 2 rings (SSSR count). The first kappa shape index (κ1) is 14.2. The Kier molecular flexibility index (Phi) is 4.71. The van der Waals surface area contributed by atoms with Crippen LogP contribution in [0.15, 0.2) is 10.9 Å². The lowest BCUT2D eigenvalue weighted by molar-refractivity contribution is 0.162. The monoisotopic (exact) mass is 264 g/mol. The molecule has 1 unspecified atom stereocenters. The normalized spacial score (nSPS) is 18.7. The van der Waals surface area contributed by atoms with Gasteiger partial charge in [0.05, 0.1) is 11.7 Å². The minimum atomic E-state index is -0.0396. The number of nitrogens with zero attached hydrogens (tertiary/aromatic N) is 2. The quantitative estimate of drug-likeness (QED) is 0.859. The second-order valence-electron chi connectivity index (χ2n) is 5.42. The molecule has 1 saturated heterocycles. The molecule has 0 saturated carbocycles. The maximum Gasteiger partial charge on any atom is 0.251 e. The van der Waals surface area contributed by atoms with Gasteiger partial charge in [0.1, 0.15) is 5.82 Å². The van der Waals surface area contributed by atoms with E-state index >= 15 is 0 Å². The van der Waals surface area contributed by atoms with Gasteiger partial charge in [-0.05, 0) is 12.3 Å². The van der Waals surface area contributed by atoms with Crippen LogP contribution < -0.4 is 10.9 Å². The molecule has 1 fully saturated rings. The Bertz CT molecular complexity index is 463. The summed E-state index contributed by atoms with van der Waals surface area (Å²) in [7, 11) is 0. The van der Waals surface area contributed by atoms with Crippen LogP contribution in [0.5, 0.6) is 0 Å². The summed E-state index contributed by atoms with van der Waals surface area (Å²) in [4.78, 5) is 21.8. The van der Waals surface area contributed by atoms with Crippen molar-refractivity contribution in [3.8, 4) is 0 Å². The molecule has 19 heavy (non-hydrogen) atoms. The summed E-state index contributed by atoms with van der Waals surface area (Å²) >= 11 is 0. The van der Waals surface area contributed by atoms with E-state index < -0.39 is 0 Å². The molecule has 1 aliphatic rings. The largest absolute Gasteiger partial charge is 0.314 e. The van der Waals surface area contributed by atoms with Crippen molar-refractivity contribution in [1.29, 1.82) is 0 Å². The van der Waals surface area contributed by atoms with Crippen LogP contribution in [0.25, 0.3) is 0 Å². The fourth-order valence-electron chi connectivity index (χ4n) is 2.57. The van der Waals surface area contributed by atoms with Gasteiger partial charge in [-0.2, -0.15) is 0 Å². The summed E-state index contributed by atoms with van der Waals surface area (Å²) in [6.07, 6.45) is 0.963. The zero-order chi connectivity index (χ0) is 13.8. The maximum absolute atomic E-state index is 11.8. The number of aromatic nitrogens is 2. The van der Waals surface area contributed by atoms with Gasteiger partial charge in [-0.15, -0.1) is 0 Å². The molecule has 0 amide bonds. The van der Waals surface area contributed by atoms with E-state index in [0.29, 0.717) is 0 Å². The summed E-state index contributed by atoms with van der Waals surface area (Å²) in [6.45, 7) is 10.3.